The molecule has 0 aliphatic rings. The predicted octanol–water partition coefficient (Wildman–Crippen LogP) is 3.82. The number of rotatable bonds is 6. The van der Waals surface area contributed by atoms with Crippen LogP contribution in [0.3, 0.4) is 0 Å². The van der Waals surface area contributed by atoms with E-state index in [-0.39, 0.29) is 11.2 Å². The van der Waals surface area contributed by atoms with Gasteiger partial charge >= 0.3 is 0 Å². The highest BCUT2D eigenvalue weighted by molar-refractivity contribution is 8.00. The molecule has 1 unspecified atom stereocenters. The van der Waals surface area contributed by atoms with E-state index in [2.05, 4.69) is 5.32 Å². The summed E-state index contributed by atoms with van der Waals surface area (Å²) in [5, 5.41) is 2.68. The van der Waals surface area contributed by atoms with Crippen LogP contribution in [0.1, 0.15) is 6.92 Å². The Morgan fingerprint density at radius 1 is 1.09 bits per heavy atom. The van der Waals surface area contributed by atoms with Crippen molar-refractivity contribution >= 4 is 23.4 Å². The quantitative estimate of drug-likeness (QED) is 0.823. The lowest BCUT2D eigenvalue weighted by Crippen LogP contribution is -2.22. The minimum atomic E-state index is -0.214. The molecule has 0 spiro atoms. The number of hydrogen-bond acceptors (Lipinski definition) is 4. The van der Waals surface area contributed by atoms with Crippen molar-refractivity contribution in [3.8, 4) is 11.5 Å². The summed E-state index contributed by atoms with van der Waals surface area (Å²) in [5.74, 6) is 1.18. The van der Waals surface area contributed by atoms with Crippen molar-refractivity contribution in [2.45, 2.75) is 17.1 Å². The van der Waals surface area contributed by atoms with Crippen molar-refractivity contribution in [2.24, 2.45) is 0 Å². The normalized spacial score (nSPS) is 11.6. The zero-order valence-electron chi connectivity index (χ0n) is 12.8. The van der Waals surface area contributed by atoms with Crippen molar-refractivity contribution in [1.82, 2.24) is 0 Å². The molecular weight excluding hydrogens is 298 g/mol. The molecule has 0 aliphatic carbocycles. The van der Waals surface area contributed by atoms with Gasteiger partial charge in [0.15, 0.2) is 0 Å². The van der Waals surface area contributed by atoms with Crippen LogP contribution in [0.2, 0.25) is 0 Å². The number of carbonyl (C=O) groups is 1. The van der Waals surface area contributed by atoms with Crippen LogP contribution in [0.15, 0.2) is 53.4 Å². The average Bonchev–Trinajstić information content (AvgIpc) is 2.56. The van der Waals surface area contributed by atoms with Crippen LogP contribution in [0.4, 0.5) is 5.69 Å². The van der Waals surface area contributed by atoms with E-state index in [9.17, 15) is 4.79 Å². The van der Waals surface area contributed by atoms with Crippen LogP contribution in [-0.2, 0) is 4.79 Å². The van der Waals surface area contributed by atoms with Gasteiger partial charge in [-0.1, -0.05) is 18.2 Å². The Labute approximate surface area is 134 Å². The first-order valence-corrected chi connectivity index (χ1v) is 7.76. The maximum Gasteiger partial charge on any atom is 0.237 e. The fraction of sp³-hybridized carbons (Fsp3) is 0.235. The molecule has 22 heavy (non-hydrogen) atoms. The second-order valence-electron chi connectivity index (χ2n) is 4.63. The highest BCUT2D eigenvalue weighted by Crippen LogP contribution is 2.30. The lowest BCUT2D eigenvalue weighted by Gasteiger charge is -2.15. The minimum Gasteiger partial charge on any atom is -0.497 e. The summed E-state index contributed by atoms with van der Waals surface area (Å²) in [6, 6.07) is 15.1. The molecule has 1 N–H and O–H groups in total. The van der Waals surface area contributed by atoms with E-state index in [0.717, 1.165) is 4.90 Å². The van der Waals surface area contributed by atoms with E-state index >= 15 is 0 Å². The molecule has 2 aromatic carbocycles. The smallest absolute Gasteiger partial charge is 0.237 e. The van der Waals surface area contributed by atoms with Gasteiger partial charge in [-0.3, -0.25) is 4.79 Å². The van der Waals surface area contributed by atoms with E-state index in [1.54, 1.807) is 32.4 Å². The number of thioether (sulfide) groups is 1. The molecule has 0 heterocycles. The number of methoxy groups -OCH3 is 2. The Bertz CT molecular complexity index is 631. The molecule has 0 saturated heterocycles. The second-order valence-corrected chi connectivity index (χ2v) is 6.04. The van der Waals surface area contributed by atoms with E-state index in [4.69, 9.17) is 9.47 Å². The van der Waals surface area contributed by atoms with Crippen molar-refractivity contribution < 1.29 is 14.3 Å². The highest BCUT2D eigenvalue weighted by atomic mass is 32.2. The largest absolute Gasteiger partial charge is 0.497 e. The van der Waals surface area contributed by atoms with Crippen molar-refractivity contribution in [3.63, 3.8) is 0 Å². The van der Waals surface area contributed by atoms with Crippen LogP contribution < -0.4 is 14.8 Å². The maximum absolute atomic E-state index is 12.3. The first kappa shape index (κ1) is 16.2. The highest BCUT2D eigenvalue weighted by Gasteiger charge is 2.16. The summed E-state index contributed by atoms with van der Waals surface area (Å²) in [6.45, 7) is 1.88. The molecule has 2 aromatic rings. The molecule has 116 valence electrons. The monoisotopic (exact) mass is 317 g/mol. The molecule has 1 amide bonds. The maximum atomic E-state index is 12.3. The van der Waals surface area contributed by atoms with Crippen LogP contribution in [0, 0.1) is 0 Å². The number of nitrogens with one attached hydrogen (secondary N) is 1. The molecule has 0 aromatic heterocycles. The van der Waals surface area contributed by atoms with Gasteiger partial charge in [-0.2, -0.15) is 0 Å². The molecule has 0 bridgehead atoms. The summed E-state index contributed by atoms with van der Waals surface area (Å²) in [5.41, 5.74) is 0.633. The number of anilines is 1. The second kappa shape index (κ2) is 7.75. The third kappa shape index (κ3) is 4.18. The van der Waals surface area contributed by atoms with Gasteiger partial charge in [-0.05, 0) is 31.2 Å². The average molecular weight is 317 g/mol. The third-order valence-corrected chi connectivity index (χ3v) is 4.20. The first-order valence-electron chi connectivity index (χ1n) is 6.88. The summed E-state index contributed by atoms with van der Waals surface area (Å²) in [6.07, 6.45) is 0. The van der Waals surface area contributed by atoms with Crippen molar-refractivity contribution in [1.29, 1.82) is 0 Å². The minimum absolute atomic E-state index is 0.0719. The van der Waals surface area contributed by atoms with Crippen LogP contribution in [-0.4, -0.2) is 25.4 Å². The van der Waals surface area contributed by atoms with Crippen molar-refractivity contribution in [3.05, 3.63) is 48.5 Å². The summed E-state index contributed by atoms with van der Waals surface area (Å²) in [7, 11) is 3.15. The molecule has 5 heteroatoms. The summed E-state index contributed by atoms with van der Waals surface area (Å²) >= 11 is 1.51. The Hall–Kier alpha value is -2.14. The SMILES string of the molecule is COc1ccc(NC(=O)C(C)Sc2ccccc2)c(OC)c1. The molecule has 0 fully saturated rings. The third-order valence-electron chi connectivity index (χ3n) is 3.09. The van der Waals surface area contributed by atoms with E-state index in [0.29, 0.717) is 17.2 Å². The summed E-state index contributed by atoms with van der Waals surface area (Å²) < 4.78 is 10.4. The topological polar surface area (TPSA) is 47.6 Å². The molecule has 0 radical (unpaired) electrons. The Morgan fingerprint density at radius 2 is 1.82 bits per heavy atom. The zero-order chi connectivity index (χ0) is 15.9. The Kier molecular flexibility index (Phi) is 5.72. The molecule has 1 atom stereocenters. The summed E-state index contributed by atoms with van der Waals surface area (Å²) in [4.78, 5) is 13.4. The van der Waals surface area contributed by atoms with Gasteiger partial charge < -0.3 is 14.8 Å². The predicted molar refractivity (Wildman–Crippen MR) is 89.9 cm³/mol. The number of ether oxygens (including phenoxy) is 2. The fourth-order valence-corrected chi connectivity index (χ4v) is 2.78. The number of carbonyl (C=O) groups excluding carboxylic acids is 1. The molecule has 0 aliphatic heterocycles. The van der Waals surface area contributed by atoms with Gasteiger partial charge in [0.2, 0.25) is 5.91 Å². The zero-order valence-corrected chi connectivity index (χ0v) is 13.6. The molecule has 2 rings (SSSR count). The van der Waals surface area contributed by atoms with E-state index in [1.165, 1.54) is 11.8 Å². The number of benzene rings is 2. The van der Waals surface area contributed by atoms with Gasteiger partial charge in [-0.25, -0.2) is 0 Å². The number of hydrogen-bond donors (Lipinski definition) is 1. The van der Waals surface area contributed by atoms with Gasteiger partial charge in [0.25, 0.3) is 0 Å². The fourth-order valence-electron chi connectivity index (χ4n) is 1.89. The standard InChI is InChI=1S/C17H19NO3S/c1-12(22-14-7-5-4-6-8-14)17(19)18-15-10-9-13(20-2)11-16(15)21-3/h4-12H,1-3H3,(H,18,19). The van der Waals surface area contributed by atoms with E-state index in [1.807, 2.05) is 37.3 Å². The number of amides is 1. The van der Waals surface area contributed by atoms with E-state index < -0.39 is 0 Å². The molecule has 0 saturated carbocycles. The van der Waals surface area contributed by atoms with Gasteiger partial charge in [-0.15, -0.1) is 11.8 Å². The lowest BCUT2D eigenvalue weighted by atomic mass is 10.2. The van der Waals surface area contributed by atoms with Gasteiger partial charge in [0.05, 0.1) is 25.2 Å². The molecule has 4 nitrogen and oxygen atoms in total. The van der Waals surface area contributed by atoms with Gasteiger partial charge in [0, 0.05) is 11.0 Å². The van der Waals surface area contributed by atoms with Crippen LogP contribution >= 0.6 is 11.8 Å². The van der Waals surface area contributed by atoms with Crippen LogP contribution in [0.5, 0.6) is 11.5 Å². The molecular formula is C17H19NO3S. The van der Waals surface area contributed by atoms with Gasteiger partial charge in [0.1, 0.15) is 11.5 Å². The first-order chi connectivity index (χ1) is 10.6. The lowest BCUT2D eigenvalue weighted by molar-refractivity contribution is -0.115. The Morgan fingerprint density at radius 3 is 2.45 bits per heavy atom. The Balaban J connectivity index is 2.05. The van der Waals surface area contributed by atoms with Crippen LogP contribution in [0.25, 0.3) is 0 Å². The van der Waals surface area contributed by atoms with Crippen molar-refractivity contribution in [2.75, 3.05) is 19.5 Å².